The van der Waals surface area contributed by atoms with Crippen LogP contribution in [0.3, 0.4) is 0 Å². The van der Waals surface area contributed by atoms with Crippen LogP contribution in [-0.2, 0) is 13.2 Å². The number of amides is 1. The number of aryl methyl sites for hydroxylation is 2. The van der Waals surface area contributed by atoms with Crippen molar-refractivity contribution in [3.8, 4) is 16.9 Å². The normalized spacial score (nSPS) is 11.5. The Morgan fingerprint density at radius 2 is 1.77 bits per heavy atom. The number of aromatic nitrogens is 6. The van der Waals surface area contributed by atoms with Gasteiger partial charge in [-0.15, -0.1) is 5.10 Å². The molecule has 2 N–H and O–H groups in total. The summed E-state index contributed by atoms with van der Waals surface area (Å²) in [7, 11) is 3.34. The van der Waals surface area contributed by atoms with Gasteiger partial charge in [0.1, 0.15) is 5.69 Å². The summed E-state index contributed by atoms with van der Waals surface area (Å²) in [6.07, 6.45) is 0.190. The van der Waals surface area contributed by atoms with Crippen LogP contribution in [0.25, 0.3) is 16.9 Å². The number of rotatable bonds is 5. The maximum absolute atomic E-state index is 13.3. The largest absolute Gasteiger partial charge is 0.416 e. The molecular weight excluding hydrogens is 461 g/mol. The molecule has 0 atom stereocenters. The molecule has 3 aromatic heterocycles. The molecule has 1 amide bonds. The van der Waals surface area contributed by atoms with Gasteiger partial charge in [0.2, 0.25) is 0 Å². The Morgan fingerprint density at radius 1 is 1.06 bits per heavy atom. The Kier molecular flexibility index (Phi) is 6.05. The minimum atomic E-state index is -4.56. The van der Waals surface area contributed by atoms with E-state index in [2.05, 4.69) is 31.0 Å². The molecule has 12 heteroatoms. The van der Waals surface area contributed by atoms with E-state index in [1.165, 1.54) is 17.9 Å². The summed E-state index contributed by atoms with van der Waals surface area (Å²) in [5.41, 5.74) is 3.50. The predicted molar refractivity (Wildman–Crippen MR) is 125 cm³/mol. The van der Waals surface area contributed by atoms with Crippen LogP contribution < -0.4 is 10.6 Å². The van der Waals surface area contributed by atoms with Gasteiger partial charge in [0.15, 0.2) is 0 Å². The highest BCUT2D eigenvalue weighted by atomic mass is 19.4. The standard InChI is InChI=1S/C23H23F3N8O/c1-12-18(27-4)7-16(23(24,25)26)8-19(12)30-22(35)15-6-21(13(2)28-9-15)34-11-20(31-32-34)17-10-29-33(5)14(17)3/h6-11,27H,1-5H3,(H,30,35). The average molecular weight is 484 g/mol. The highest BCUT2D eigenvalue weighted by molar-refractivity contribution is 6.05. The summed E-state index contributed by atoms with van der Waals surface area (Å²) in [6.45, 7) is 5.29. The molecule has 0 fully saturated rings. The molecule has 4 rings (SSSR count). The zero-order valence-corrected chi connectivity index (χ0v) is 19.7. The van der Waals surface area contributed by atoms with E-state index in [1.807, 2.05) is 14.0 Å². The highest BCUT2D eigenvalue weighted by Crippen LogP contribution is 2.36. The minimum absolute atomic E-state index is 0.0476. The number of nitrogens with zero attached hydrogens (tertiary/aromatic N) is 6. The first-order valence-corrected chi connectivity index (χ1v) is 10.6. The van der Waals surface area contributed by atoms with Crippen LogP contribution in [0.1, 0.15) is 32.9 Å². The Bertz CT molecular complexity index is 1420. The Labute approximate surface area is 199 Å². The van der Waals surface area contributed by atoms with Crippen molar-refractivity contribution in [3.63, 3.8) is 0 Å². The van der Waals surface area contributed by atoms with Gasteiger partial charge in [-0.05, 0) is 44.5 Å². The molecule has 0 aliphatic heterocycles. The van der Waals surface area contributed by atoms with Crippen molar-refractivity contribution in [2.75, 3.05) is 17.7 Å². The van der Waals surface area contributed by atoms with Crippen molar-refractivity contribution in [1.82, 2.24) is 29.8 Å². The van der Waals surface area contributed by atoms with Crippen LogP contribution in [0.2, 0.25) is 0 Å². The molecule has 1 aromatic carbocycles. The van der Waals surface area contributed by atoms with Gasteiger partial charge in [-0.25, -0.2) is 4.68 Å². The zero-order valence-electron chi connectivity index (χ0n) is 19.7. The van der Waals surface area contributed by atoms with Crippen molar-refractivity contribution >= 4 is 17.3 Å². The van der Waals surface area contributed by atoms with Crippen LogP contribution in [0.5, 0.6) is 0 Å². The molecule has 3 heterocycles. The highest BCUT2D eigenvalue weighted by Gasteiger charge is 2.32. The van der Waals surface area contributed by atoms with Gasteiger partial charge in [0.05, 0.1) is 34.9 Å². The summed E-state index contributed by atoms with van der Waals surface area (Å²) >= 11 is 0. The molecule has 0 aliphatic rings. The third kappa shape index (κ3) is 4.59. The van der Waals surface area contributed by atoms with E-state index in [9.17, 15) is 18.0 Å². The van der Waals surface area contributed by atoms with Gasteiger partial charge >= 0.3 is 6.18 Å². The lowest BCUT2D eigenvalue weighted by molar-refractivity contribution is -0.137. The number of nitrogens with one attached hydrogen (secondary N) is 2. The van der Waals surface area contributed by atoms with Crippen LogP contribution in [0, 0.1) is 20.8 Å². The van der Waals surface area contributed by atoms with E-state index in [0.717, 1.165) is 23.4 Å². The summed E-state index contributed by atoms with van der Waals surface area (Å²) in [6, 6.07) is 3.48. The molecule has 0 saturated heterocycles. The van der Waals surface area contributed by atoms with Gasteiger partial charge in [0, 0.05) is 42.9 Å². The number of halogens is 3. The smallest absolute Gasteiger partial charge is 0.388 e. The first kappa shape index (κ1) is 23.9. The van der Waals surface area contributed by atoms with E-state index in [0.29, 0.717) is 22.6 Å². The van der Waals surface area contributed by atoms with Gasteiger partial charge in [-0.1, -0.05) is 5.21 Å². The van der Waals surface area contributed by atoms with Gasteiger partial charge in [0.25, 0.3) is 5.91 Å². The van der Waals surface area contributed by atoms with E-state index in [4.69, 9.17) is 0 Å². The Hall–Kier alpha value is -4.22. The SMILES string of the molecule is CNc1cc(C(F)(F)F)cc(NC(=O)c2cnc(C)c(-n3cc(-c4cnn(C)c4C)nn3)c2)c1C. The Balaban J connectivity index is 1.66. The molecule has 9 nitrogen and oxygen atoms in total. The maximum atomic E-state index is 13.3. The fourth-order valence-electron chi connectivity index (χ4n) is 3.59. The summed E-state index contributed by atoms with van der Waals surface area (Å²) in [5, 5.41) is 17.9. The molecule has 0 aliphatic carbocycles. The summed E-state index contributed by atoms with van der Waals surface area (Å²) in [4.78, 5) is 17.3. The lowest BCUT2D eigenvalue weighted by Crippen LogP contribution is -2.16. The first-order valence-electron chi connectivity index (χ1n) is 10.6. The number of carbonyl (C=O) groups is 1. The number of hydrogen-bond acceptors (Lipinski definition) is 6. The van der Waals surface area contributed by atoms with E-state index in [-0.39, 0.29) is 16.9 Å². The number of benzene rings is 1. The number of hydrogen-bond donors (Lipinski definition) is 2. The topological polar surface area (TPSA) is 103 Å². The van der Waals surface area contributed by atoms with Crippen molar-refractivity contribution in [2.45, 2.75) is 26.9 Å². The Morgan fingerprint density at radius 3 is 2.40 bits per heavy atom. The number of pyridine rings is 1. The monoisotopic (exact) mass is 484 g/mol. The molecule has 0 radical (unpaired) electrons. The summed E-state index contributed by atoms with van der Waals surface area (Å²) < 4.78 is 43.2. The number of carbonyl (C=O) groups excluding carboxylic acids is 1. The third-order valence-electron chi connectivity index (χ3n) is 5.83. The molecule has 0 saturated carbocycles. The van der Waals surface area contributed by atoms with Gasteiger partial charge in [-0.2, -0.15) is 18.3 Å². The fraction of sp³-hybridized carbons (Fsp3) is 0.261. The minimum Gasteiger partial charge on any atom is -0.388 e. The molecule has 182 valence electrons. The van der Waals surface area contributed by atoms with Crippen LogP contribution in [0.15, 0.2) is 36.8 Å². The van der Waals surface area contributed by atoms with Crippen molar-refractivity contribution in [2.24, 2.45) is 7.05 Å². The van der Waals surface area contributed by atoms with Gasteiger partial charge in [-0.3, -0.25) is 14.5 Å². The zero-order chi connectivity index (χ0) is 25.5. The van der Waals surface area contributed by atoms with E-state index in [1.54, 1.807) is 37.0 Å². The number of alkyl halides is 3. The van der Waals surface area contributed by atoms with Gasteiger partial charge < -0.3 is 10.6 Å². The average Bonchev–Trinajstić information content (AvgIpc) is 3.41. The summed E-state index contributed by atoms with van der Waals surface area (Å²) in [5.74, 6) is -0.605. The molecule has 0 bridgehead atoms. The maximum Gasteiger partial charge on any atom is 0.416 e. The predicted octanol–water partition coefficient (Wildman–Crippen LogP) is 4.30. The first-order chi connectivity index (χ1) is 16.5. The van der Waals surface area contributed by atoms with Crippen LogP contribution in [-0.4, -0.2) is 42.7 Å². The van der Waals surface area contributed by atoms with Crippen molar-refractivity contribution in [3.05, 3.63) is 64.9 Å². The van der Waals surface area contributed by atoms with Crippen LogP contribution in [0.4, 0.5) is 24.5 Å². The lowest BCUT2D eigenvalue weighted by atomic mass is 10.1. The molecule has 4 aromatic rings. The quantitative estimate of drug-likeness (QED) is 0.438. The van der Waals surface area contributed by atoms with Crippen molar-refractivity contribution in [1.29, 1.82) is 0 Å². The van der Waals surface area contributed by atoms with Crippen LogP contribution >= 0.6 is 0 Å². The molecule has 0 unspecified atom stereocenters. The molecular formula is C23H23F3N8O. The van der Waals surface area contributed by atoms with E-state index >= 15 is 0 Å². The second kappa shape index (κ2) is 8.85. The molecule has 35 heavy (non-hydrogen) atoms. The number of anilines is 2. The lowest BCUT2D eigenvalue weighted by Gasteiger charge is -2.17. The molecule has 0 spiro atoms. The second-order valence-corrected chi connectivity index (χ2v) is 8.04. The second-order valence-electron chi connectivity index (χ2n) is 8.04. The third-order valence-corrected chi connectivity index (χ3v) is 5.83. The van der Waals surface area contributed by atoms with E-state index < -0.39 is 17.6 Å². The van der Waals surface area contributed by atoms with Crippen molar-refractivity contribution < 1.29 is 18.0 Å². The fourth-order valence-corrected chi connectivity index (χ4v) is 3.59.